The Hall–Kier alpha value is -4.95. The van der Waals surface area contributed by atoms with E-state index in [2.05, 4.69) is 50.2 Å². The quantitative estimate of drug-likeness (QED) is 0.0332. The molecule has 312 valence electrons. The van der Waals surface area contributed by atoms with Crippen LogP contribution in [0.15, 0.2) is 48.5 Å². The number of amides is 3. The first kappa shape index (κ1) is 46.4. The van der Waals surface area contributed by atoms with Crippen LogP contribution in [0.3, 0.4) is 0 Å². The van der Waals surface area contributed by atoms with E-state index in [4.69, 9.17) is 39.3 Å². The third-order valence-electron chi connectivity index (χ3n) is 9.37. The number of aryl methyl sites for hydroxylation is 2. The largest absolute Gasteiger partial charge is 0.394 e. The first-order valence-corrected chi connectivity index (χ1v) is 19.0. The van der Waals surface area contributed by atoms with Gasteiger partial charge in [0, 0.05) is 26.6 Å². The molecule has 1 aromatic heterocycles. The Morgan fingerprint density at radius 2 is 1.40 bits per heavy atom. The number of primary amides is 1. The molecule has 0 aliphatic carbocycles. The van der Waals surface area contributed by atoms with Crippen molar-refractivity contribution in [2.75, 3.05) is 44.8 Å². The number of benzene rings is 2. The lowest BCUT2D eigenvalue weighted by Gasteiger charge is -2.26. The predicted octanol–water partition coefficient (Wildman–Crippen LogP) is -0.321. The molecule has 0 spiro atoms. The van der Waals surface area contributed by atoms with E-state index in [-0.39, 0.29) is 47.3 Å². The zero-order valence-electron chi connectivity index (χ0n) is 31.9. The van der Waals surface area contributed by atoms with E-state index in [1.165, 1.54) is 4.90 Å². The first-order valence-electron chi connectivity index (χ1n) is 18.6. The van der Waals surface area contributed by atoms with E-state index < -0.39 is 48.9 Å². The van der Waals surface area contributed by atoms with Crippen LogP contribution >= 0.6 is 11.6 Å². The number of likely N-dealkylation sites (N-methyl/N-ethyl adjacent to an activating group) is 1. The van der Waals surface area contributed by atoms with Crippen LogP contribution in [0.1, 0.15) is 60.1 Å². The Labute approximate surface area is 336 Å². The van der Waals surface area contributed by atoms with Gasteiger partial charge in [-0.1, -0.05) is 60.1 Å². The molecule has 3 rings (SSSR count). The van der Waals surface area contributed by atoms with Crippen molar-refractivity contribution in [3.8, 4) is 11.1 Å². The number of nitrogens with two attached hydrogens (primary N) is 3. The summed E-state index contributed by atoms with van der Waals surface area (Å²) in [5, 5.41) is 63.8. The van der Waals surface area contributed by atoms with Gasteiger partial charge in [-0.3, -0.25) is 25.1 Å². The molecule has 3 aromatic rings. The highest BCUT2D eigenvalue weighted by atomic mass is 35.5. The molecule has 19 heteroatoms. The van der Waals surface area contributed by atoms with Gasteiger partial charge in [-0.15, -0.1) is 0 Å². The summed E-state index contributed by atoms with van der Waals surface area (Å²) in [4.78, 5) is 46.5. The van der Waals surface area contributed by atoms with Crippen LogP contribution < -0.4 is 33.2 Å². The summed E-state index contributed by atoms with van der Waals surface area (Å²) in [7, 11) is 1.56. The smallest absolute Gasteiger partial charge is 0.280 e. The number of hydrogen-bond donors (Lipinski definition) is 12. The van der Waals surface area contributed by atoms with Crippen molar-refractivity contribution in [1.82, 2.24) is 30.8 Å². The van der Waals surface area contributed by atoms with Gasteiger partial charge >= 0.3 is 0 Å². The van der Waals surface area contributed by atoms with Crippen molar-refractivity contribution in [2.24, 2.45) is 5.73 Å². The fraction of sp³-hybridized carbons (Fsp3) is 0.474. The summed E-state index contributed by atoms with van der Waals surface area (Å²) in [6.45, 7) is 0.0602. The van der Waals surface area contributed by atoms with Crippen LogP contribution in [0.2, 0.25) is 5.15 Å². The van der Waals surface area contributed by atoms with Crippen molar-refractivity contribution in [1.29, 1.82) is 5.41 Å². The topological polar surface area (TPSA) is 319 Å². The number of nitrogens with one attached hydrogen (secondary N) is 4. The van der Waals surface area contributed by atoms with E-state index in [0.29, 0.717) is 38.8 Å². The molecule has 0 saturated carbocycles. The summed E-state index contributed by atoms with van der Waals surface area (Å²) in [5.74, 6) is -2.02. The van der Waals surface area contributed by atoms with E-state index in [9.17, 15) is 34.8 Å². The Bertz CT molecular complexity index is 1770. The molecule has 0 fully saturated rings. The number of carbonyl (C=O) groups excluding carboxylic acids is 3. The first-order chi connectivity index (χ1) is 27.1. The second kappa shape index (κ2) is 23.3. The molecule has 0 saturated heterocycles. The molecule has 5 atom stereocenters. The number of guanidine groups is 1. The van der Waals surface area contributed by atoms with E-state index >= 15 is 0 Å². The molecule has 0 aliphatic rings. The van der Waals surface area contributed by atoms with Gasteiger partial charge in [-0.25, -0.2) is 9.97 Å². The van der Waals surface area contributed by atoms with Gasteiger partial charge in [0.05, 0.1) is 12.7 Å². The lowest BCUT2D eigenvalue weighted by Crippen LogP contribution is -2.49. The van der Waals surface area contributed by atoms with Crippen molar-refractivity contribution < 1.29 is 39.9 Å². The number of anilines is 2. The molecular formula is C38H55ClN10O8. The second-order valence-corrected chi connectivity index (χ2v) is 14.0. The number of halogens is 1. The van der Waals surface area contributed by atoms with Crippen molar-refractivity contribution >= 4 is 46.9 Å². The summed E-state index contributed by atoms with van der Waals surface area (Å²) < 4.78 is 0. The minimum Gasteiger partial charge on any atom is -0.394 e. The number of unbranched alkanes of at least 4 members (excludes halogenated alkanes) is 2. The van der Waals surface area contributed by atoms with Gasteiger partial charge in [0.1, 0.15) is 24.4 Å². The molecule has 1 unspecified atom stereocenters. The third kappa shape index (κ3) is 14.8. The van der Waals surface area contributed by atoms with Crippen molar-refractivity contribution in [3.05, 3.63) is 70.5 Å². The van der Waals surface area contributed by atoms with Gasteiger partial charge in [0.25, 0.3) is 5.91 Å². The second-order valence-electron chi connectivity index (χ2n) is 13.7. The number of aliphatic hydroxyl groups excluding tert-OH is 5. The lowest BCUT2D eigenvalue weighted by molar-refractivity contribution is -0.138. The molecule has 3 amide bonds. The Kier molecular flexibility index (Phi) is 19.0. The van der Waals surface area contributed by atoms with Crippen LogP contribution in [0.5, 0.6) is 0 Å². The molecule has 0 radical (unpaired) electrons. The fourth-order valence-corrected chi connectivity index (χ4v) is 6.00. The maximum atomic E-state index is 13.0. The van der Waals surface area contributed by atoms with Gasteiger partial charge in [-0.2, -0.15) is 0 Å². The summed E-state index contributed by atoms with van der Waals surface area (Å²) >= 11 is 5.82. The summed E-state index contributed by atoms with van der Waals surface area (Å²) in [6.07, 6.45) is -1.70. The highest BCUT2D eigenvalue weighted by Crippen LogP contribution is 2.22. The lowest BCUT2D eigenvalue weighted by atomic mass is 9.99. The third-order valence-corrected chi connectivity index (χ3v) is 9.65. The molecule has 18 nitrogen and oxygen atoms in total. The van der Waals surface area contributed by atoms with Crippen molar-refractivity contribution in [3.63, 3.8) is 0 Å². The number of nitrogens with zero attached hydrogens (tertiary/aromatic N) is 3. The van der Waals surface area contributed by atoms with E-state index in [1.807, 2.05) is 24.3 Å². The van der Waals surface area contributed by atoms with Gasteiger partial charge in [0.15, 0.2) is 28.4 Å². The standard InChI is InChI=1S/C38H55ClN10O8/c1-49(26(36(42)56)7-3-4-18-44-20-27(51)31(54)32(55)28(52)21-50)29(53)17-12-23-10-15-25(16-11-23)24-13-8-22(9-14-24)6-2-5-19-45-38(43)48-37(57)30-34(40)47-35(41)33(39)46-30/h8-11,13-16,26-28,31-32,44,50-52,54-55H,2-7,12,17-21H2,1H3,(H2,42,56)(H4,40,41,47)(H3,43,45,48,57)/t26?,27-,28+,31+,32+/m0/s1. The van der Waals surface area contributed by atoms with Crippen LogP contribution in [0, 0.1) is 5.41 Å². The Morgan fingerprint density at radius 1 is 0.825 bits per heavy atom. The summed E-state index contributed by atoms with van der Waals surface area (Å²) in [6, 6.07) is 15.4. The number of carbonyl (C=O) groups is 3. The number of nitrogen functional groups attached to an aromatic ring is 2. The number of rotatable bonds is 23. The molecule has 0 bridgehead atoms. The average Bonchev–Trinajstić information content (AvgIpc) is 3.19. The monoisotopic (exact) mass is 814 g/mol. The van der Waals surface area contributed by atoms with Crippen LogP contribution in [-0.2, 0) is 22.4 Å². The van der Waals surface area contributed by atoms with E-state index in [0.717, 1.165) is 41.5 Å². The molecule has 57 heavy (non-hydrogen) atoms. The highest BCUT2D eigenvalue weighted by Gasteiger charge is 2.30. The SMILES string of the molecule is CN(C(=O)CCc1ccc(-c2ccc(CCCCNC(=N)NC(=O)c3nc(Cl)c(N)nc3N)cc2)cc1)C(CCCCNC[C@H](O)[C@@H](O)[C@H](O)[C@H](O)CO)C(N)=O. The minimum atomic E-state index is -1.70. The number of aromatic nitrogens is 2. The predicted molar refractivity (Wildman–Crippen MR) is 216 cm³/mol. The van der Waals surface area contributed by atoms with Crippen molar-refractivity contribution in [2.45, 2.75) is 81.8 Å². The molecule has 15 N–H and O–H groups in total. The normalized spacial score (nSPS) is 13.9. The summed E-state index contributed by atoms with van der Waals surface area (Å²) in [5.41, 5.74) is 20.8. The highest BCUT2D eigenvalue weighted by molar-refractivity contribution is 6.31. The maximum absolute atomic E-state index is 13.0. The van der Waals surface area contributed by atoms with E-state index in [1.54, 1.807) is 7.05 Å². The number of aliphatic hydroxyl groups is 5. The molecule has 1 heterocycles. The van der Waals surface area contributed by atoms with Crippen LogP contribution in [-0.4, -0.2) is 128 Å². The Balaban J connectivity index is 1.34. The molecule has 0 aliphatic heterocycles. The zero-order valence-corrected chi connectivity index (χ0v) is 32.7. The average molecular weight is 815 g/mol. The zero-order chi connectivity index (χ0) is 42.1. The fourth-order valence-electron chi connectivity index (χ4n) is 5.87. The number of hydrogen-bond acceptors (Lipinski definition) is 14. The van der Waals surface area contributed by atoms with Crippen LogP contribution in [0.4, 0.5) is 11.6 Å². The van der Waals surface area contributed by atoms with Gasteiger partial charge in [-0.05, 0) is 73.7 Å². The van der Waals surface area contributed by atoms with Gasteiger partial charge < -0.3 is 58.3 Å². The maximum Gasteiger partial charge on any atom is 0.280 e. The molecular weight excluding hydrogens is 760 g/mol. The Morgan fingerprint density at radius 3 is 2.00 bits per heavy atom. The molecule has 2 aromatic carbocycles. The van der Waals surface area contributed by atoms with Crippen LogP contribution in [0.25, 0.3) is 11.1 Å². The van der Waals surface area contributed by atoms with Gasteiger partial charge in [0.2, 0.25) is 11.8 Å². The minimum absolute atomic E-state index is 0.0685.